The summed E-state index contributed by atoms with van der Waals surface area (Å²) in [7, 11) is 0. The summed E-state index contributed by atoms with van der Waals surface area (Å²) in [6.45, 7) is 1.99. The molecule has 28 heavy (non-hydrogen) atoms. The Kier molecular flexibility index (Phi) is 8.29. The molecule has 1 atom stereocenters. The van der Waals surface area contributed by atoms with Gasteiger partial charge in [-0.2, -0.15) is 0 Å². The molecule has 150 valence electrons. The molecular weight excluding hydrogens is 376 g/mol. The van der Waals surface area contributed by atoms with Crippen LogP contribution in [0.4, 0.5) is 11.4 Å². The molecule has 2 amide bonds. The number of hydrogen-bond donors (Lipinski definition) is 3. The maximum absolute atomic E-state index is 13.1. The van der Waals surface area contributed by atoms with E-state index in [1.54, 1.807) is 4.90 Å². The fourth-order valence-electron chi connectivity index (χ4n) is 3.34. The summed E-state index contributed by atoms with van der Waals surface area (Å²) in [5.41, 5.74) is 7.76. The van der Waals surface area contributed by atoms with Gasteiger partial charge in [0, 0.05) is 31.9 Å². The van der Waals surface area contributed by atoms with Crippen molar-refractivity contribution in [2.75, 3.05) is 31.5 Å². The van der Waals surface area contributed by atoms with Crippen LogP contribution in [0.1, 0.15) is 23.2 Å². The predicted octanol–water partition coefficient (Wildman–Crippen LogP) is 2.78. The second-order valence-corrected chi connectivity index (χ2v) is 6.71. The summed E-state index contributed by atoms with van der Waals surface area (Å²) >= 11 is 0. The van der Waals surface area contributed by atoms with E-state index in [9.17, 15) is 9.59 Å². The molecule has 0 spiro atoms. The number of carbonyl (C=O) groups excluding carboxylic acids is 2. The Morgan fingerprint density at radius 2 is 1.79 bits per heavy atom. The van der Waals surface area contributed by atoms with Crippen LogP contribution in [0.3, 0.4) is 0 Å². The summed E-state index contributed by atoms with van der Waals surface area (Å²) in [6, 6.07) is 17.2. The van der Waals surface area contributed by atoms with Crippen molar-refractivity contribution in [3.63, 3.8) is 0 Å². The van der Waals surface area contributed by atoms with E-state index < -0.39 is 0 Å². The maximum atomic E-state index is 13.1. The summed E-state index contributed by atoms with van der Waals surface area (Å²) < 4.78 is 0. The Morgan fingerprint density at radius 3 is 2.54 bits per heavy atom. The minimum atomic E-state index is -0.177. The smallest absolute Gasteiger partial charge is 0.255 e. The zero-order valence-electron chi connectivity index (χ0n) is 15.8. The second-order valence-electron chi connectivity index (χ2n) is 6.71. The fourth-order valence-corrected chi connectivity index (χ4v) is 3.34. The van der Waals surface area contributed by atoms with Crippen molar-refractivity contribution in [3.8, 4) is 0 Å². The molecule has 3 rings (SSSR count). The van der Waals surface area contributed by atoms with Crippen LogP contribution in [0.5, 0.6) is 0 Å². The van der Waals surface area contributed by atoms with Crippen molar-refractivity contribution in [1.29, 1.82) is 0 Å². The quantitative estimate of drug-likeness (QED) is 0.693. The van der Waals surface area contributed by atoms with Crippen molar-refractivity contribution < 1.29 is 9.59 Å². The normalized spacial score (nSPS) is 16.0. The lowest BCUT2D eigenvalue weighted by Gasteiger charge is -2.32. The standard InChI is InChI=1S/C21H26N4O2.ClH/c22-12-13-23-20(26)16-7-6-14-25(15-16)21(27)18-10-4-5-11-19(18)24-17-8-2-1-3-9-17;/h1-5,8-11,16,24H,6-7,12-15,22H2,(H,23,26);1H. The highest BCUT2D eigenvalue weighted by Gasteiger charge is 2.29. The van der Waals surface area contributed by atoms with E-state index in [1.165, 1.54) is 0 Å². The molecule has 1 heterocycles. The van der Waals surface area contributed by atoms with Crippen LogP contribution in [0, 0.1) is 5.92 Å². The van der Waals surface area contributed by atoms with E-state index in [0.29, 0.717) is 31.7 Å². The molecule has 7 heteroatoms. The lowest BCUT2D eigenvalue weighted by molar-refractivity contribution is -0.126. The third kappa shape index (κ3) is 5.47. The first-order valence-electron chi connectivity index (χ1n) is 9.37. The molecule has 0 saturated carbocycles. The number of halogens is 1. The Hall–Kier alpha value is -2.57. The minimum absolute atomic E-state index is 0. The molecule has 1 saturated heterocycles. The van der Waals surface area contributed by atoms with Crippen LogP contribution in [0.2, 0.25) is 0 Å². The van der Waals surface area contributed by atoms with Gasteiger partial charge >= 0.3 is 0 Å². The van der Waals surface area contributed by atoms with Gasteiger partial charge in [0.05, 0.1) is 17.2 Å². The highest BCUT2D eigenvalue weighted by Crippen LogP contribution is 2.25. The number of rotatable bonds is 6. The van der Waals surface area contributed by atoms with Gasteiger partial charge in [0.1, 0.15) is 0 Å². The van der Waals surface area contributed by atoms with Crippen molar-refractivity contribution >= 4 is 35.6 Å². The molecule has 6 nitrogen and oxygen atoms in total. The van der Waals surface area contributed by atoms with Gasteiger partial charge in [-0.1, -0.05) is 30.3 Å². The van der Waals surface area contributed by atoms with Gasteiger partial charge in [-0.05, 0) is 37.1 Å². The van der Waals surface area contributed by atoms with Crippen molar-refractivity contribution in [2.45, 2.75) is 12.8 Å². The number of para-hydroxylation sites is 2. The Bertz CT molecular complexity index is 785. The van der Waals surface area contributed by atoms with E-state index in [2.05, 4.69) is 10.6 Å². The number of carbonyl (C=O) groups is 2. The zero-order valence-corrected chi connectivity index (χ0v) is 16.6. The van der Waals surface area contributed by atoms with Crippen LogP contribution >= 0.6 is 12.4 Å². The number of nitrogens with two attached hydrogens (primary N) is 1. The number of likely N-dealkylation sites (tertiary alicyclic amines) is 1. The van der Waals surface area contributed by atoms with Gasteiger partial charge in [-0.25, -0.2) is 0 Å². The van der Waals surface area contributed by atoms with E-state index >= 15 is 0 Å². The first kappa shape index (κ1) is 21.7. The molecular formula is C21H27ClN4O2. The molecule has 0 aliphatic carbocycles. The molecule has 1 fully saturated rings. The van der Waals surface area contributed by atoms with Crippen molar-refractivity contribution in [1.82, 2.24) is 10.2 Å². The average Bonchev–Trinajstić information content (AvgIpc) is 2.73. The number of piperidine rings is 1. The number of hydrogen-bond acceptors (Lipinski definition) is 4. The fraction of sp³-hybridized carbons (Fsp3) is 0.333. The van der Waals surface area contributed by atoms with Gasteiger partial charge in [-0.15, -0.1) is 12.4 Å². The van der Waals surface area contributed by atoms with E-state index in [4.69, 9.17) is 5.73 Å². The van der Waals surface area contributed by atoms with Crippen LogP contribution in [0.15, 0.2) is 54.6 Å². The third-order valence-corrected chi connectivity index (χ3v) is 4.73. The van der Waals surface area contributed by atoms with Crippen molar-refractivity contribution in [3.05, 3.63) is 60.2 Å². The first-order chi connectivity index (χ1) is 13.2. The molecule has 1 aliphatic rings. The highest BCUT2D eigenvalue weighted by molar-refractivity contribution is 6.00. The monoisotopic (exact) mass is 402 g/mol. The van der Waals surface area contributed by atoms with E-state index in [-0.39, 0.29) is 30.1 Å². The second kappa shape index (κ2) is 10.7. The highest BCUT2D eigenvalue weighted by atomic mass is 35.5. The molecule has 0 radical (unpaired) electrons. The zero-order chi connectivity index (χ0) is 19.1. The first-order valence-corrected chi connectivity index (χ1v) is 9.37. The minimum Gasteiger partial charge on any atom is -0.355 e. The van der Waals surface area contributed by atoms with Gasteiger partial charge in [-0.3, -0.25) is 9.59 Å². The van der Waals surface area contributed by atoms with Gasteiger partial charge in [0.15, 0.2) is 0 Å². The SMILES string of the molecule is Cl.NCCNC(=O)C1CCCN(C(=O)c2ccccc2Nc2ccccc2)C1. The molecule has 2 aromatic rings. The molecule has 0 bridgehead atoms. The van der Waals surface area contributed by atoms with Crippen LogP contribution in [-0.2, 0) is 4.79 Å². The number of nitrogens with zero attached hydrogens (tertiary/aromatic N) is 1. The largest absolute Gasteiger partial charge is 0.355 e. The molecule has 0 aromatic heterocycles. The maximum Gasteiger partial charge on any atom is 0.255 e. The molecule has 4 N–H and O–H groups in total. The lowest BCUT2D eigenvalue weighted by Crippen LogP contribution is -2.46. The topological polar surface area (TPSA) is 87.5 Å². The van der Waals surface area contributed by atoms with Crippen LogP contribution in [-0.4, -0.2) is 42.9 Å². The van der Waals surface area contributed by atoms with Crippen LogP contribution < -0.4 is 16.4 Å². The van der Waals surface area contributed by atoms with Gasteiger partial charge in [0.2, 0.25) is 5.91 Å². The van der Waals surface area contributed by atoms with E-state index in [1.807, 2.05) is 54.6 Å². The molecule has 2 aromatic carbocycles. The number of benzene rings is 2. The Morgan fingerprint density at radius 1 is 1.07 bits per heavy atom. The summed E-state index contributed by atoms with van der Waals surface area (Å²) in [5.74, 6) is -0.248. The van der Waals surface area contributed by atoms with Crippen LogP contribution in [0.25, 0.3) is 0 Å². The number of anilines is 2. The summed E-state index contributed by atoms with van der Waals surface area (Å²) in [5, 5.41) is 6.14. The summed E-state index contributed by atoms with van der Waals surface area (Å²) in [6.07, 6.45) is 1.62. The van der Waals surface area contributed by atoms with E-state index in [0.717, 1.165) is 24.2 Å². The third-order valence-electron chi connectivity index (χ3n) is 4.73. The van der Waals surface area contributed by atoms with Gasteiger partial charge < -0.3 is 21.3 Å². The Labute approximate surface area is 171 Å². The number of nitrogens with one attached hydrogen (secondary N) is 2. The van der Waals surface area contributed by atoms with Gasteiger partial charge in [0.25, 0.3) is 5.91 Å². The van der Waals surface area contributed by atoms with Crippen molar-refractivity contribution in [2.24, 2.45) is 11.7 Å². The predicted molar refractivity (Wildman–Crippen MR) is 114 cm³/mol. The number of amides is 2. The lowest BCUT2D eigenvalue weighted by atomic mass is 9.96. The average molecular weight is 403 g/mol. The summed E-state index contributed by atoms with van der Waals surface area (Å²) in [4.78, 5) is 27.2. The molecule has 1 aliphatic heterocycles. The molecule has 1 unspecified atom stereocenters. The Balaban J connectivity index is 0.00000280.